The maximum Gasteiger partial charge on any atom is 0.528 e. The predicted octanol–water partition coefficient (Wildman–Crippen LogP) is 2.88. The lowest BCUT2D eigenvalue weighted by Crippen LogP contribution is -2.49. The first-order valence-electron chi connectivity index (χ1n) is 15.1. The van der Waals surface area contributed by atoms with Crippen molar-refractivity contribution in [2.45, 2.75) is 69.7 Å². The van der Waals surface area contributed by atoms with Crippen molar-refractivity contribution in [2.75, 3.05) is 31.6 Å². The summed E-state index contributed by atoms with van der Waals surface area (Å²) in [6.07, 6.45) is 6.35. The highest BCUT2D eigenvalue weighted by atomic mass is 16.8. The zero-order valence-electron chi connectivity index (χ0n) is 24.7. The van der Waals surface area contributed by atoms with Crippen molar-refractivity contribution in [3.8, 4) is 0 Å². The van der Waals surface area contributed by atoms with Crippen molar-refractivity contribution in [1.82, 2.24) is 20.7 Å². The number of carbonyl (C=O) groups is 4. The van der Waals surface area contributed by atoms with Crippen LogP contribution < -0.4 is 16.0 Å². The number of hydroxylamine groups is 2. The van der Waals surface area contributed by atoms with E-state index in [2.05, 4.69) is 20.9 Å². The number of rotatable bonds is 15. The molecule has 3 unspecified atom stereocenters. The van der Waals surface area contributed by atoms with E-state index in [4.69, 9.17) is 14.3 Å². The summed E-state index contributed by atoms with van der Waals surface area (Å²) < 4.78 is 11.1. The van der Waals surface area contributed by atoms with Crippen LogP contribution >= 0.6 is 0 Å². The molecule has 1 aromatic heterocycles. The van der Waals surface area contributed by atoms with Gasteiger partial charge in [0.25, 0.3) is 0 Å². The van der Waals surface area contributed by atoms with Crippen LogP contribution in [-0.4, -0.2) is 83.5 Å². The van der Waals surface area contributed by atoms with Crippen molar-refractivity contribution < 1.29 is 38.6 Å². The smallest absolute Gasteiger partial charge is 0.480 e. The third kappa shape index (κ3) is 11.1. The number of amides is 2. The molecular formula is C31H41N5O8. The van der Waals surface area contributed by atoms with Gasteiger partial charge in [0.15, 0.2) is 0 Å². The Bertz CT molecular complexity index is 1210. The number of nitrogens with one attached hydrogen (secondary N) is 3. The summed E-state index contributed by atoms with van der Waals surface area (Å²) in [4.78, 5) is 58.8. The van der Waals surface area contributed by atoms with Gasteiger partial charge in [0, 0.05) is 25.7 Å². The Hall–Kier alpha value is -4.23. The molecule has 0 bridgehead atoms. The zero-order chi connectivity index (χ0) is 31.1. The van der Waals surface area contributed by atoms with Crippen LogP contribution in [0.5, 0.6) is 0 Å². The fourth-order valence-corrected chi connectivity index (χ4v) is 5.36. The Kier molecular flexibility index (Phi) is 12.7. The van der Waals surface area contributed by atoms with Crippen LogP contribution in [0.15, 0.2) is 54.7 Å². The summed E-state index contributed by atoms with van der Waals surface area (Å²) in [7, 11) is 0. The molecule has 2 heterocycles. The first-order valence-corrected chi connectivity index (χ1v) is 15.1. The van der Waals surface area contributed by atoms with E-state index in [1.807, 2.05) is 42.5 Å². The summed E-state index contributed by atoms with van der Waals surface area (Å²) in [5, 5.41) is 19.3. The van der Waals surface area contributed by atoms with Gasteiger partial charge in [0.1, 0.15) is 25.1 Å². The average molecular weight is 612 g/mol. The normalized spacial score (nSPS) is 19.5. The van der Waals surface area contributed by atoms with Crippen LogP contribution in [0.4, 0.5) is 10.6 Å². The van der Waals surface area contributed by atoms with Crippen LogP contribution in [0, 0.1) is 5.92 Å². The van der Waals surface area contributed by atoms with E-state index in [1.165, 1.54) is 11.5 Å². The molecule has 4 N–H and O–H groups in total. The number of pyridine rings is 1. The lowest BCUT2D eigenvalue weighted by atomic mass is 9.87. The molecule has 1 saturated carbocycles. The molecule has 238 valence electrons. The highest BCUT2D eigenvalue weighted by Crippen LogP contribution is 2.26. The Morgan fingerprint density at radius 3 is 2.50 bits per heavy atom. The second-order valence-corrected chi connectivity index (χ2v) is 11.1. The molecule has 2 amide bonds. The highest BCUT2D eigenvalue weighted by Gasteiger charge is 2.36. The molecule has 0 spiro atoms. The van der Waals surface area contributed by atoms with E-state index in [9.17, 15) is 24.3 Å². The minimum absolute atomic E-state index is 0.0584. The molecule has 1 aliphatic heterocycles. The van der Waals surface area contributed by atoms with Gasteiger partial charge in [0.2, 0.25) is 11.8 Å². The standard InChI is InChI=1S/C31H41N5O8/c37-28(15-22-9-3-1-4-10-22)35-26(30(39)40)18-34-29(38)21-42-25-16-24(17-33-27-13-7-8-14-32-27)36(19-25)44-31(41)43-20-23-11-5-2-6-12-23/h2,5-8,11-14,22,24-26H,1,3-4,9-10,15-21H2,(H,32,33)(H,34,38)(H,35,37)(H,39,40). The predicted molar refractivity (Wildman–Crippen MR) is 159 cm³/mol. The van der Waals surface area contributed by atoms with Crippen molar-refractivity contribution in [3.05, 3.63) is 60.3 Å². The molecule has 0 radical (unpaired) electrons. The topological polar surface area (TPSA) is 168 Å². The van der Waals surface area contributed by atoms with Gasteiger partial charge in [-0.05, 0) is 42.9 Å². The van der Waals surface area contributed by atoms with Gasteiger partial charge in [-0.1, -0.05) is 55.7 Å². The van der Waals surface area contributed by atoms with Crippen LogP contribution in [0.2, 0.25) is 0 Å². The Labute approximate surface area is 256 Å². The Morgan fingerprint density at radius 2 is 1.77 bits per heavy atom. The molecule has 3 atom stereocenters. The number of anilines is 1. The fourth-order valence-electron chi connectivity index (χ4n) is 5.36. The van der Waals surface area contributed by atoms with Crippen molar-refractivity contribution in [3.63, 3.8) is 0 Å². The number of ether oxygens (including phenoxy) is 2. The molecule has 1 saturated heterocycles. The minimum atomic E-state index is -1.24. The van der Waals surface area contributed by atoms with Gasteiger partial charge >= 0.3 is 12.1 Å². The number of benzene rings is 1. The van der Waals surface area contributed by atoms with E-state index < -0.39 is 30.2 Å². The first-order chi connectivity index (χ1) is 21.4. The summed E-state index contributed by atoms with van der Waals surface area (Å²) in [5.41, 5.74) is 0.820. The number of carbonyl (C=O) groups excluding carboxylic acids is 3. The third-order valence-electron chi connectivity index (χ3n) is 7.69. The van der Waals surface area contributed by atoms with E-state index in [0.717, 1.165) is 31.2 Å². The van der Waals surface area contributed by atoms with Crippen LogP contribution in [0.3, 0.4) is 0 Å². The van der Waals surface area contributed by atoms with Gasteiger partial charge in [-0.25, -0.2) is 14.6 Å². The van der Waals surface area contributed by atoms with Crippen molar-refractivity contribution in [1.29, 1.82) is 0 Å². The van der Waals surface area contributed by atoms with Crippen molar-refractivity contribution in [2.24, 2.45) is 5.92 Å². The molecule has 13 nitrogen and oxygen atoms in total. The summed E-state index contributed by atoms with van der Waals surface area (Å²) in [6, 6.07) is 13.2. The van der Waals surface area contributed by atoms with Gasteiger partial charge in [0.05, 0.1) is 18.7 Å². The zero-order valence-corrected chi connectivity index (χ0v) is 24.7. The third-order valence-corrected chi connectivity index (χ3v) is 7.69. The van der Waals surface area contributed by atoms with Gasteiger partial charge in [-0.3, -0.25) is 9.59 Å². The van der Waals surface area contributed by atoms with Crippen LogP contribution in [0.1, 0.15) is 50.5 Å². The molecule has 44 heavy (non-hydrogen) atoms. The number of hydrogen-bond acceptors (Lipinski definition) is 10. The maximum absolute atomic E-state index is 12.5. The second kappa shape index (κ2) is 17.2. The number of aliphatic carboxylic acids is 1. The molecule has 2 aliphatic rings. The number of aromatic nitrogens is 1. The van der Waals surface area contributed by atoms with Gasteiger partial charge < -0.3 is 35.4 Å². The summed E-state index contributed by atoms with van der Waals surface area (Å²) in [6.45, 7) is 0.0351. The lowest BCUT2D eigenvalue weighted by molar-refractivity contribution is -0.144. The molecule has 1 aromatic carbocycles. The Balaban J connectivity index is 1.23. The fraction of sp³-hybridized carbons (Fsp3) is 0.516. The van der Waals surface area contributed by atoms with E-state index in [-0.39, 0.29) is 50.6 Å². The number of nitrogens with zero attached hydrogens (tertiary/aromatic N) is 2. The molecule has 2 fully saturated rings. The first kappa shape index (κ1) is 32.7. The van der Waals surface area contributed by atoms with Gasteiger partial charge in [-0.2, -0.15) is 0 Å². The number of carboxylic acids is 1. The highest BCUT2D eigenvalue weighted by molar-refractivity contribution is 5.85. The monoisotopic (exact) mass is 611 g/mol. The average Bonchev–Trinajstić information content (AvgIpc) is 3.42. The molecule has 2 aromatic rings. The van der Waals surface area contributed by atoms with E-state index in [1.54, 1.807) is 12.3 Å². The molecule has 13 heteroatoms. The largest absolute Gasteiger partial charge is 0.528 e. The number of carboxylic acid groups (broad SMARTS) is 1. The number of hydrogen-bond donors (Lipinski definition) is 4. The van der Waals surface area contributed by atoms with Crippen LogP contribution in [-0.2, 0) is 35.3 Å². The second-order valence-electron chi connectivity index (χ2n) is 11.1. The quantitative estimate of drug-likeness (QED) is 0.219. The molecule has 4 rings (SSSR count). The Morgan fingerprint density at radius 1 is 1.00 bits per heavy atom. The van der Waals surface area contributed by atoms with Crippen molar-refractivity contribution >= 4 is 29.8 Å². The lowest BCUT2D eigenvalue weighted by Gasteiger charge is -2.22. The SMILES string of the molecule is O=C(COC1CC(CNc2ccccn2)N(OC(=O)OCc2ccccc2)C1)NCC(NC(=O)CC1CCCCC1)C(=O)O. The van der Waals surface area contributed by atoms with E-state index >= 15 is 0 Å². The minimum Gasteiger partial charge on any atom is -0.480 e. The summed E-state index contributed by atoms with van der Waals surface area (Å²) >= 11 is 0. The summed E-state index contributed by atoms with van der Waals surface area (Å²) in [5.74, 6) is -1.16. The van der Waals surface area contributed by atoms with Crippen LogP contribution in [0.25, 0.3) is 0 Å². The molecular weight excluding hydrogens is 570 g/mol. The maximum atomic E-state index is 12.5. The van der Waals surface area contributed by atoms with Gasteiger partial charge in [-0.15, -0.1) is 5.06 Å². The molecule has 1 aliphatic carbocycles. The van der Waals surface area contributed by atoms with E-state index in [0.29, 0.717) is 18.8 Å².